The maximum absolute atomic E-state index is 12.1. The van der Waals surface area contributed by atoms with Gasteiger partial charge in [-0.25, -0.2) is 0 Å². The molecule has 0 atom stereocenters. The zero-order chi connectivity index (χ0) is 16.9. The molecule has 3 N–H and O–H groups in total. The fraction of sp³-hybridized carbons (Fsp3) is 0.188. The number of hydrazine groups is 1. The molecule has 3 rings (SSSR count). The van der Waals surface area contributed by atoms with Gasteiger partial charge in [0.25, 0.3) is 5.91 Å². The molecule has 1 aliphatic heterocycles. The van der Waals surface area contributed by atoms with Gasteiger partial charge in [-0.15, -0.1) is 11.8 Å². The summed E-state index contributed by atoms with van der Waals surface area (Å²) >= 11 is 1.50. The summed E-state index contributed by atoms with van der Waals surface area (Å²) in [6.45, 7) is 0.264. The average molecular weight is 344 g/mol. The summed E-state index contributed by atoms with van der Waals surface area (Å²) in [6.07, 6.45) is 1.71. The standard InChI is InChI=1S/C16H16N4O3S/c21-14(18-19-16(23)11-4-3-8-17-11)7-9-20-12-5-1-2-6-13(12)24-10-15(20)22/h1-6,8,17H,7,9-10H2,(H,18,21)(H,19,23). The monoisotopic (exact) mass is 344 g/mol. The molecule has 0 saturated heterocycles. The minimum absolute atomic E-state index is 0.0260. The molecule has 0 spiro atoms. The molecule has 0 fully saturated rings. The van der Waals surface area contributed by atoms with E-state index in [1.165, 1.54) is 11.8 Å². The number of nitrogens with one attached hydrogen (secondary N) is 3. The predicted octanol–water partition coefficient (Wildman–Crippen LogP) is 1.30. The molecule has 8 heteroatoms. The number of H-pyrrole nitrogens is 1. The summed E-state index contributed by atoms with van der Waals surface area (Å²) in [5.41, 5.74) is 5.85. The highest BCUT2D eigenvalue weighted by atomic mass is 32.2. The van der Waals surface area contributed by atoms with Crippen LogP contribution in [-0.4, -0.2) is 35.0 Å². The maximum atomic E-state index is 12.1. The number of benzene rings is 1. The van der Waals surface area contributed by atoms with Crippen molar-refractivity contribution in [2.75, 3.05) is 17.2 Å². The first-order chi connectivity index (χ1) is 11.6. The highest BCUT2D eigenvalue weighted by Crippen LogP contribution is 2.34. The minimum atomic E-state index is -0.427. The summed E-state index contributed by atoms with van der Waals surface area (Å²) in [5, 5.41) is 0. The van der Waals surface area contributed by atoms with Gasteiger partial charge in [-0.1, -0.05) is 12.1 Å². The lowest BCUT2D eigenvalue weighted by Crippen LogP contribution is -2.44. The molecule has 0 unspecified atom stereocenters. The van der Waals surface area contributed by atoms with E-state index in [4.69, 9.17) is 0 Å². The lowest BCUT2D eigenvalue weighted by atomic mass is 10.2. The van der Waals surface area contributed by atoms with E-state index in [1.54, 1.807) is 23.2 Å². The van der Waals surface area contributed by atoms with E-state index in [0.29, 0.717) is 11.4 Å². The van der Waals surface area contributed by atoms with Gasteiger partial charge >= 0.3 is 0 Å². The Kier molecular flexibility index (Phi) is 4.85. The molecule has 0 aliphatic carbocycles. The molecule has 1 aromatic heterocycles. The lowest BCUT2D eigenvalue weighted by molar-refractivity contribution is -0.121. The number of fused-ring (bicyclic) bond motifs is 1. The van der Waals surface area contributed by atoms with Gasteiger partial charge in [0.15, 0.2) is 0 Å². The number of aromatic amines is 1. The fourth-order valence-corrected chi connectivity index (χ4v) is 3.28. The Bertz CT molecular complexity index is 760. The van der Waals surface area contributed by atoms with Crippen molar-refractivity contribution in [3.8, 4) is 0 Å². The number of nitrogens with zero attached hydrogens (tertiary/aromatic N) is 1. The Labute approximate surface area is 142 Å². The Morgan fingerprint density at radius 3 is 2.79 bits per heavy atom. The van der Waals surface area contributed by atoms with Crippen molar-refractivity contribution in [1.29, 1.82) is 0 Å². The van der Waals surface area contributed by atoms with Crippen LogP contribution in [0.25, 0.3) is 0 Å². The molecule has 124 valence electrons. The van der Waals surface area contributed by atoms with Gasteiger partial charge in [0.05, 0.1) is 11.4 Å². The molecule has 0 radical (unpaired) electrons. The van der Waals surface area contributed by atoms with Crippen molar-refractivity contribution in [2.24, 2.45) is 0 Å². The number of carbonyl (C=O) groups excluding carboxylic acids is 3. The Morgan fingerprint density at radius 2 is 2.00 bits per heavy atom. The second kappa shape index (κ2) is 7.22. The quantitative estimate of drug-likeness (QED) is 0.729. The fourth-order valence-electron chi connectivity index (χ4n) is 2.34. The van der Waals surface area contributed by atoms with Crippen molar-refractivity contribution in [2.45, 2.75) is 11.3 Å². The normalized spacial score (nSPS) is 13.3. The number of carbonyl (C=O) groups is 3. The van der Waals surface area contributed by atoms with E-state index in [-0.39, 0.29) is 24.8 Å². The zero-order valence-corrected chi connectivity index (χ0v) is 13.6. The van der Waals surface area contributed by atoms with Crippen LogP contribution >= 0.6 is 11.8 Å². The largest absolute Gasteiger partial charge is 0.357 e. The molecule has 7 nitrogen and oxygen atoms in total. The number of amides is 3. The predicted molar refractivity (Wildman–Crippen MR) is 90.5 cm³/mol. The van der Waals surface area contributed by atoms with Crippen molar-refractivity contribution >= 4 is 35.2 Å². The number of hydrogen-bond acceptors (Lipinski definition) is 4. The van der Waals surface area contributed by atoms with Gasteiger partial charge in [-0.05, 0) is 24.3 Å². The van der Waals surface area contributed by atoms with Crippen molar-refractivity contribution in [1.82, 2.24) is 15.8 Å². The first kappa shape index (κ1) is 16.1. The second-order valence-electron chi connectivity index (χ2n) is 5.14. The van der Waals surface area contributed by atoms with Crippen LogP contribution in [0.4, 0.5) is 5.69 Å². The Balaban J connectivity index is 1.53. The van der Waals surface area contributed by atoms with E-state index in [0.717, 1.165) is 10.6 Å². The summed E-state index contributed by atoms with van der Waals surface area (Å²) in [7, 11) is 0. The van der Waals surface area contributed by atoms with Crippen LogP contribution in [0.3, 0.4) is 0 Å². The Morgan fingerprint density at radius 1 is 1.17 bits per heavy atom. The highest BCUT2D eigenvalue weighted by Gasteiger charge is 2.24. The highest BCUT2D eigenvalue weighted by molar-refractivity contribution is 8.00. The maximum Gasteiger partial charge on any atom is 0.286 e. The van der Waals surface area contributed by atoms with Gasteiger partial charge in [-0.3, -0.25) is 25.2 Å². The third-order valence-corrected chi connectivity index (χ3v) is 4.58. The molecular weight excluding hydrogens is 328 g/mol. The smallest absolute Gasteiger partial charge is 0.286 e. The van der Waals surface area contributed by atoms with Crippen LogP contribution in [0.5, 0.6) is 0 Å². The van der Waals surface area contributed by atoms with Crippen LogP contribution in [0.1, 0.15) is 16.9 Å². The number of rotatable bonds is 4. The van der Waals surface area contributed by atoms with Crippen molar-refractivity contribution in [3.63, 3.8) is 0 Å². The number of aromatic nitrogens is 1. The van der Waals surface area contributed by atoms with E-state index in [9.17, 15) is 14.4 Å². The molecule has 24 heavy (non-hydrogen) atoms. The topological polar surface area (TPSA) is 94.3 Å². The molecule has 0 saturated carbocycles. The van der Waals surface area contributed by atoms with E-state index in [1.807, 2.05) is 24.3 Å². The number of hydrogen-bond donors (Lipinski definition) is 3. The van der Waals surface area contributed by atoms with Crippen LogP contribution < -0.4 is 15.8 Å². The van der Waals surface area contributed by atoms with Gasteiger partial charge in [0.2, 0.25) is 11.8 Å². The van der Waals surface area contributed by atoms with E-state index >= 15 is 0 Å². The van der Waals surface area contributed by atoms with Crippen LogP contribution in [0.2, 0.25) is 0 Å². The summed E-state index contributed by atoms with van der Waals surface area (Å²) in [4.78, 5) is 41.1. The number of thioether (sulfide) groups is 1. The van der Waals surface area contributed by atoms with Crippen molar-refractivity contribution < 1.29 is 14.4 Å². The molecule has 2 heterocycles. The summed E-state index contributed by atoms with van der Waals surface area (Å²) in [6, 6.07) is 10.9. The SMILES string of the molecule is O=C(CCN1C(=O)CSc2ccccc21)NNC(=O)c1ccc[nH]1. The molecule has 1 aliphatic rings. The Hall–Kier alpha value is -2.74. The number of anilines is 1. The zero-order valence-electron chi connectivity index (χ0n) is 12.7. The van der Waals surface area contributed by atoms with Crippen LogP contribution in [0.15, 0.2) is 47.5 Å². The molecule has 0 bridgehead atoms. The minimum Gasteiger partial charge on any atom is -0.357 e. The summed E-state index contributed by atoms with van der Waals surface area (Å²) < 4.78 is 0. The lowest BCUT2D eigenvalue weighted by Gasteiger charge is -2.28. The second-order valence-corrected chi connectivity index (χ2v) is 6.16. The molecule has 3 amide bonds. The van der Waals surface area contributed by atoms with Crippen molar-refractivity contribution in [3.05, 3.63) is 48.3 Å². The number of para-hydroxylation sites is 1. The summed E-state index contributed by atoms with van der Waals surface area (Å²) in [5.74, 6) is -0.452. The van der Waals surface area contributed by atoms with E-state index < -0.39 is 5.91 Å². The molecule has 1 aromatic carbocycles. The first-order valence-electron chi connectivity index (χ1n) is 7.40. The van der Waals surface area contributed by atoms with Crippen LogP contribution in [0, 0.1) is 0 Å². The van der Waals surface area contributed by atoms with Gasteiger partial charge in [-0.2, -0.15) is 0 Å². The van der Waals surface area contributed by atoms with Gasteiger partial charge in [0.1, 0.15) is 5.69 Å². The molecule has 2 aromatic rings. The first-order valence-corrected chi connectivity index (χ1v) is 8.38. The third kappa shape index (κ3) is 3.60. The third-order valence-electron chi connectivity index (χ3n) is 3.53. The van der Waals surface area contributed by atoms with E-state index in [2.05, 4.69) is 15.8 Å². The molecular formula is C16H16N4O3S. The van der Waals surface area contributed by atoms with Gasteiger partial charge in [0, 0.05) is 24.1 Å². The van der Waals surface area contributed by atoms with Gasteiger partial charge < -0.3 is 9.88 Å². The van der Waals surface area contributed by atoms with Crippen LogP contribution in [-0.2, 0) is 9.59 Å². The average Bonchev–Trinajstić information content (AvgIpc) is 3.13.